The van der Waals surface area contributed by atoms with E-state index in [0.717, 1.165) is 12.1 Å². The van der Waals surface area contributed by atoms with Crippen LogP contribution in [0.3, 0.4) is 0 Å². The van der Waals surface area contributed by atoms with E-state index < -0.39 is 32.9 Å². The molecule has 1 N–H and O–H groups in total. The number of halogens is 3. The summed E-state index contributed by atoms with van der Waals surface area (Å²) in [5, 5.41) is 10.1. The maximum absolute atomic E-state index is 12.5. The number of aliphatic hydroxyl groups is 1. The van der Waals surface area contributed by atoms with E-state index in [1.807, 2.05) is 0 Å². The van der Waals surface area contributed by atoms with E-state index in [1.54, 1.807) is 0 Å². The van der Waals surface area contributed by atoms with Gasteiger partial charge in [-0.2, -0.15) is 13.2 Å². The van der Waals surface area contributed by atoms with Gasteiger partial charge in [-0.05, 0) is 24.1 Å². The molecule has 2 rings (SSSR count). The molecule has 100 valence electrons. The Labute approximate surface area is 102 Å². The van der Waals surface area contributed by atoms with E-state index >= 15 is 0 Å². The molecule has 1 saturated heterocycles. The minimum atomic E-state index is -4.51. The lowest BCUT2D eigenvalue weighted by atomic mass is 9.92. The molecule has 0 aliphatic carbocycles. The van der Waals surface area contributed by atoms with E-state index in [9.17, 15) is 26.7 Å². The molecule has 3 nitrogen and oxygen atoms in total. The van der Waals surface area contributed by atoms with Gasteiger partial charge in [0.2, 0.25) is 0 Å². The fraction of sp³-hybridized carbons (Fsp3) is 0.455. The third-order valence-electron chi connectivity index (χ3n) is 3.01. The van der Waals surface area contributed by atoms with Crippen LogP contribution in [0.1, 0.15) is 17.5 Å². The summed E-state index contributed by atoms with van der Waals surface area (Å²) in [5.74, 6) is -0.735. The predicted octanol–water partition coefficient (Wildman–Crippen LogP) is 1.71. The maximum atomic E-state index is 12.5. The zero-order valence-electron chi connectivity index (χ0n) is 9.24. The summed E-state index contributed by atoms with van der Waals surface area (Å²) in [6.45, 7) is 0. The number of rotatable bonds is 1. The summed E-state index contributed by atoms with van der Waals surface area (Å²) in [6, 6.07) is 4.17. The van der Waals surface area contributed by atoms with Crippen LogP contribution in [0.4, 0.5) is 13.2 Å². The van der Waals surface area contributed by atoms with E-state index in [1.165, 1.54) is 12.1 Å². The lowest BCUT2D eigenvalue weighted by Crippen LogP contribution is -2.27. The van der Waals surface area contributed by atoms with Gasteiger partial charge in [-0.3, -0.25) is 0 Å². The molecular weight excluding hydrogens is 269 g/mol. The minimum absolute atomic E-state index is 0.00148. The van der Waals surface area contributed by atoms with Crippen molar-refractivity contribution in [3.8, 4) is 0 Å². The Hall–Kier alpha value is -1.08. The predicted molar refractivity (Wildman–Crippen MR) is 58.6 cm³/mol. The zero-order valence-corrected chi connectivity index (χ0v) is 10.1. The molecule has 1 heterocycles. The highest BCUT2D eigenvalue weighted by Crippen LogP contribution is 2.36. The number of hydrogen-bond acceptors (Lipinski definition) is 3. The largest absolute Gasteiger partial charge is 0.416 e. The first-order chi connectivity index (χ1) is 8.12. The number of benzene rings is 1. The number of sulfone groups is 1. The van der Waals surface area contributed by atoms with Crippen LogP contribution in [-0.2, 0) is 21.6 Å². The highest BCUT2D eigenvalue weighted by atomic mass is 32.2. The SMILES string of the molecule is O=S1(=O)CCC(O)(c2cccc(C(F)(F)F)c2)C1. The second kappa shape index (κ2) is 3.96. The summed E-state index contributed by atoms with van der Waals surface area (Å²) >= 11 is 0. The van der Waals surface area contributed by atoms with Crippen LogP contribution in [-0.4, -0.2) is 25.0 Å². The van der Waals surface area contributed by atoms with Crippen LogP contribution in [0.5, 0.6) is 0 Å². The van der Waals surface area contributed by atoms with Gasteiger partial charge in [-0.1, -0.05) is 12.1 Å². The van der Waals surface area contributed by atoms with E-state index in [2.05, 4.69) is 0 Å². The smallest absolute Gasteiger partial charge is 0.384 e. The van der Waals surface area contributed by atoms with Crippen molar-refractivity contribution in [3.05, 3.63) is 35.4 Å². The Bertz CT molecular complexity index is 565. The zero-order chi connectivity index (χ0) is 13.6. The normalized spacial score (nSPS) is 27.3. The molecule has 1 aromatic carbocycles. The Morgan fingerprint density at radius 2 is 1.94 bits per heavy atom. The molecule has 7 heteroatoms. The van der Waals surface area contributed by atoms with Crippen LogP contribution < -0.4 is 0 Å². The summed E-state index contributed by atoms with van der Waals surface area (Å²) in [7, 11) is -3.38. The molecular formula is C11H11F3O3S. The van der Waals surface area contributed by atoms with Crippen molar-refractivity contribution in [2.24, 2.45) is 0 Å². The molecule has 0 bridgehead atoms. The van der Waals surface area contributed by atoms with Gasteiger partial charge in [-0.25, -0.2) is 8.42 Å². The molecule has 1 aliphatic rings. The fourth-order valence-corrected chi connectivity index (χ4v) is 3.88. The third-order valence-corrected chi connectivity index (χ3v) is 4.76. The fourth-order valence-electron chi connectivity index (χ4n) is 2.05. The molecule has 0 amide bonds. The quantitative estimate of drug-likeness (QED) is 0.852. The van der Waals surface area contributed by atoms with Gasteiger partial charge in [-0.15, -0.1) is 0 Å². The third kappa shape index (κ3) is 2.51. The molecule has 1 unspecified atom stereocenters. The van der Waals surface area contributed by atoms with Gasteiger partial charge in [0.15, 0.2) is 9.84 Å². The molecule has 1 fully saturated rings. The molecule has 1 atom stereocenters. The lowest BCUT2D eigenvalue weighted by Gasteiger charge is -2.22. The topological polar surface area (TPSA) is 54.4 Å². The van der Waals surface area contributed by atoms with Gasteiger partial charge in [0.25, 0.3) is 0 Å². The Morgan fingerprint density at radius 1 is 1.28 bits per heavy atom. The number of hydrogen-bond donors (Lipinski definition) is 1. The Balaban J connectivity index is 2.41. The van der Waals surface area contributed by atoms with Crippen LogP contribution >= 0.6 is 0 Å². The van der Waals surface area contributed by atoms with Crippen LogP contribution in [0.2, 0.25) is 0 Å². The van der Waals surface area contributed by atoms with Crippen LogP contribution in [0.25, 0.3) is 0 Å². The molecule has 0 saturated carbocycles. The van der Waals surface area contributed by atoms with Crippen LogP contribution in [0, 0.1) is 0 Å². The van der Waals surface area contributed by atoms with Gasteiger partial charge in [0, 0.05) is 0 Å². The Morgan fingerprint density at radius 3 is 2.44 bits per heavy atom. The van der Waals surface area contributed by atoms with Gasteiger partial charge in [0.1, 0.15) is 5.60 Å². The first kappa shape index (κ1) is 13.4. The molecule has 0 radical (unpaired) electrons. The van der Waals surface area contributed by atoms with Crippen molar-refractivity contribution in [1.29, 1.82) is 0 Å². The summed E-state index contributed by atoms with van der Waals surface area (Å²) < 4.78 is 60.2. The second-order valence-electron chi connectivity index (χ2n) is 4.45. The standard InChI is InChI=1S/C11H11F3O3S/c12-11(13,14)9-3-1-2-8(6-9)10(15)4-5-18(16,17)7-10/h1-3,6,15H,4-5,7H2. The molecule has 1 aliphatic heterocycles. The number of alkyl halides is 3. The minimum Gasteiger partial charge on any atom is -0.384 e. The first-order valence-electron chi connectivity index (χ1n) is 5.23. The molecule has 0 spiro atoms. The molecule has 1 aromatic rings. The summed E-state index contributed by atoms with van der Waals surface area (Å²) in [5.41, 5.74) is -2.60. The van der Waals surface area contributed by atoms with Crippen molar-refractivity contribution in [2.45, 2.75) is 18.2 Å². The van der Waals surface area contributed by atoms with Crippen molar-refractivity contribution < 1.29 is 26.7 Å². The van der Waals surface area contributed by atoms with Crippen molar-refractivity contribution >= 4 is 9.84 Å². The molecule has 18 heavy (non-hydrogen) atoms. The van der Waals surface area contributed by atoms with E-state index in [4.69, 9.17) is 0 Å². The van der Waals surface area contributed by atoms with Crippen molar-refractivity contribution in [2.75, 3.05) is 11.5 Å². The summed E-state index contributed by atoms with van der Waals surface area (Å²) in [4.78, 5) is 0. The Kier molecular flexibility index (Phi) is 2.94. The maximum Gasteiger partial charge on any atom is 0.416 e. The van der Waals surface area contributed by atoms with E-state index in [0.29, 0.717) is 0 Å². The average molecular weight is 280 g/mol. The first-order valence-corrected chi connectivity index (χ1v) is 7.05. The van der Waals surface area contributed by atoms with Gasteiger partial charge < -0.3 is 5.11 Å². The van der Waals surface area contributed by atoms with Crippen molar-refractivity contribution in [3.63, 3.8) is 0 Å². The van der Waals surface area contributed by atoms with E-state index in [-0.39, 0.29) is 17.7 Å². The monoisotopic (exact) mass is 280 g/mol. The average Bonchev–Trinajstić information content (AvgIpc) is 2.53. The second-order valence-corrected chi connectivity index (χ2v) is 6.64. The van der Waals surface area contributed by atoms with Gasteiger partial charge >= 0.3 is 6.18 Å². The molecule has 0 aromatic heterocycles. The van der Waals surface area contributed by atoms with Crippen LogP contribution in [0.15, 0.2) is 24.3 Å². The summed E-state index contributed by atoms with van der Waals surface area (Å²) in [6.07, 6.45) is -4.58. The highest BCUT2D eigenvalue weighted by molar-refractivity contribution is 7.91. The lowest BCUT2D eigenvalue weighted by molar-refractivity contribution is -0.137. The van der Waals surface area contributed by atoms with Crippen molar-refractivity contribution in [1.82, 2.24) is 0 Å². The highest BCUT2D eigenvalue weighted by Gasteiger charge is 2.43. The van der Waals surface area contributed by atoms with Gasteiger partial charge in [0.05, 0.1) is 17.1 Å².